The van der Waals surface area contributed by atoms with Gasteiger partial charge in [0.1, 0.15) is 12.8 Å². The number of amides is 4. The highest BCUT2D eigenvalue weighted by Gasteiger charge is 2.27. The fourth-order valence-electron chi connectivity index (χ4n) is 6.68. The van der Waals surface area contributed by atoms with Gasteiger partial charge in [0.2, 0.25) is 23.6 Å². The van der Waals surface area contributed by atoms with E-state index in [0.717, 1.165) is 74.0 Å². The summed E-state index contributed by atoms with van der Waals surface area (Å²) in [7, 11) is 0. The molecule has 4 amide bonds. The number of nitrogens with zero attached hydrogens (tertiary/aromatic N) is 2. The summed E-state index contributed by atoms with van der Waals surface area (Å²) in [4.78, 5) is 104. The summed E-state index contributed by atoms with van der Waals surface area (Å²) in [6.07, 6.45) is 6.16. The second-order valence-electron chi connectivity index (χ2n) is 13.9. The Labute approximate surface area is 354 Å². The van der Waals surface area contributed by atoms with Crippen LogP contribution in [0.3, 0.4) is 0 Å². The summed E-state index contributed by atoms with van der Waals surface area (Å²) in [5.74, 6) is -4.30. The lowest BCUT2D eigenvalue weighted by atomic mass is 9.95. The number of ketones is 2. The van der Waals surface area contributed by atoms with Crippen LogP contribution in [0.1, 0.15) is 96.3 Å². The maximum Gasteiger partial charge on any atom is 0.309 e. The number of halogens is 1. The van der Waals surface area contributed by atoms with Gasteiger partial charge in [-0.2, -0.15) is 0 Å². The first-order valence-electron chi connectivity index (χ1n) is 18.7. The minimum atomic E-state index is -1.04. The summed E-state index contributed by atoms with van der Waals surface area (Å²) in [6.45, 7) is 0. The summed E-state index contributed by atoms with van der Waals surface area (Å²) >= 11 is 5.37. The molecule has 2 saturated carbocycles. The van der Waals surface area contributed by atoms with Crippen LogP contribution in [0.2, 0.25) is 0 Å². The molecule has 19 heteroatoms. The molecule has 2 aliphatic rings. The van der Waals surface area contributed by atoms with Crippen LogP contribution in [-0.2, 0) is 41.6 Å². The predicted octanol–water partition coefficient (Wildman–Crippen LogP) is 6.98. The number of aromatic nitrogens is 2. The maximum absolute atomic E-state index is 12.7. The minimum absolute atomic E-state index is 0.0127. The number of para-hydroxylation sites is 2. The Morgan fingerprint density at radius 2 is 1.05 bits per heavy atom. The standard InChI is InChI=1S/C20H20BrN3O5S.C20H21N3O5S/c21-19-14(9-17(27)28)23-20(30-19)24-16(26)10-15(25)22-13-8-4-3-7-12(13)18(29)11-5-1-2-6-11;24-16(10-17(25)23-20-21-13(11-29-20)9-18(26)27)22-15-8-4-3-7-14(15)19(28)12-5-1-2-6-12/h3-4,7-8,11H,1-2,5-6,9-10H2,(H,22,25)(H,27,28)(H,23,24,26);3-4,7-8,11-12H,1-2,5-6,9-10H2,(H,22,24)(H,26,27)(H,21,23,25). The van der Waals surface area contributed by atoms with Crippen molar-refractivity contribution in [1.82, 2.24) is 9.97 Å². The minimum Gasteiger partial charge on any atom is -0.481 e. The largest absolute Gasteiger partial charge is 0.481 e. The zero-order valence-electron chi connectivity index (χ0n) is 31.6. The summed E-state index contributed by atoms with van der Waals surface area (Å²) in [6, 6.07) is 13.6. The Bertz CT molecular complexity index is 2230. The topological polar surface area (TPSA) is 251 Å². The number of carbonyl (C=O) groups is 8. The third-order valence-electron chi connectivity index (χ3n) is 9.37. The van der Waals surface area contributed by atoms with E-state index in [1.807, 2.05) is 0 Å². The molecule has 2 aliphatic carbocycles. The van der Waals surface area contributed by atoms with Gasteiger partial charge in [0.05, 0.1) is 39.4 Å². The van der Waals surface area contributed by atoms with E-state index in [0.29, 0.717) is 37.7 Å². The van der Waals surface area contributed by atoms with Crippen molar-refractivity contribution in [3.8, 4) is 0 Å². The highest BCUT2D eigenvalue weighted by molar-refractivity contribution is 9.11. The van der Waals surface area contributed by atoms with Crippen molar-refractivity contribution < 1.29 is 48.6 Å². The average molecular weight is 910 g/mol. The zero-order valence-corrected chi connectivity index (χ0v) is 34.8. The van der Waals surface area contributed by atoms with Crippen LogP contribution in [-0.4, -0.2) is 67.3 Å². The third-order valence-corrected chi connectivity index (χ3v) is 11.9. The van der Waals surface area contributed by atoms with Gasteiger partial charge < -0.3 is 31.5 Å². The number of carboxylic acid groups (broad SMARTS) is 2. The Morgan fingerprint density at radius 3 is 1.53 bits per heavy atom. The quantitative estimate of drug-likeness (QED) is 0.0492. The van der Waals surface area contributed by atoms with Crippen molar-refractivity contribution in [2.24, 2.45) is 11.8 Å². The number of nitrogens with one attached hydrogen (secondary N) is 4. The van der Waals surface area contributed by atoms with E-state index in [-0.39, 0.29) is 46.5 Å². The molecule has 0 unspecified atom stereocenters. The smallest absolute Gasteiger partial charge is 0.309 e. The van der Waals surface area contributed by atoms with E-state index >= 15 is 0 Å². The molecule has 59 heavy (non-hydrogen) atoms. The van der Waals surface area contributed by atoms with Crippen LogP contribution in [0.4, 0.5) is 21.6 Å². The number of anilines is 4. The first-order chi connectivity index (χ1) is 28.2. The van der Waals surface area contributed by atoms with Gasteiger partial charge in [0, 0.05) is 28.3 Å². The van der Waals surface area contributed by atoms with Crippen LogP contribution in [0, 0.1) is 11.8 Å². The first-order valence-corrected chi connectivity index (χ1v) is 21.2. The fourth-order valence-corrected chi connectivity index (χ4v) is 8.82. The van der Waals surface area contributed by atoms with Crippen molar-refractivity contribution in [3.05, 3.63) is 80.2 Å². The number of Topliss-reactive ketones (excluding diaryl/α,β-unsaturated/α-hetero) is 2. The maximum atomic E-state index is 12.7. The van der Waals surface area contributed by atoms with Gasteiger partial charge in [0.15, 0.2) is 21.8 Å². The number of thiazole rings is 2. The van der Waals surface area contributed by atoms with Gasteiger partial charge in [-0.05, 0) is 65.9 Å². The SMILES string of the molecule is O=C(O)Cc1csc(NC(=O)CC(=O)Nc2ccccc2C(=O)C2CCCC2)n1.O=C(O)Cc1nc(NC(=O)CC(=O)Nc2ccccc2C(=O)C2CCCC2)sc1Br. The molecule has 6 N–H and O–H groups in total. The number of aliphatic carboxylic acids is 2. The van der Waals surface area contributed by atoms with Crippen LogP contribution < -0.4 is 21.3 Å². The Morgan fingerprint density at radius 1 is 0.610 bits per heavy atom. The number of hydrogen-bond acceptors (Lipinski definition) is 12. The highest BCUT2D eigenvalue weighted by atomic mass is 79.9. The van der Waals surface area contributed by atoms with Crippen LogP contribution in [0.5, 0.6) is 0 Å². The molecule has 0 spiro atoms. The van der Waals surface area contributed by atoms with Crippen molar-refractivity contribution in [1.29, 1.82) is 0 Å². The number of carboxylic acids is 2. The third kappa shape index (κ3) is 13.4. The second-order valence-corrected chi connectivity index (χ2v) is 17.0. The van der Waals surface area contributed by atoms with E-state index in [9.17, 15) is 38.4 Å². The lowest BCUT2D eigenvalue weighted by Gasteiger charge is -2.13. The van der Waals surface area contributed by atoms with E-state index in [1.165, 1.54) is 5.38 Å². The Kier molecular flexibility index (Phi) is 16.1. The molecule has 0 saturated heterocycles. The second kappa shape index (κ2) is 21.4. The molecule has 310 valence electrons. The molecule has 4 aromatic rings. The van der Waals surface area contributed by atoms with Crippen molar-refractivity contribution >= 4 is 107 Å². The zero-order chi connectivity index (χ0) is 42.5. The van der Waals surface area contributed by atoms with Crippen LogP contribution in [0.25, 0.3) is 0 Å². The normalized spacial score (nSPS) is 13.8. The van der Waals surface area contributed by atoms with Crippen LogP contribution in [0.15, 0.2) is 57.7 Å². The summed E-state index contributed by atoms with van der Waals surface area (Å²) < 4.78 is 0.504. The molecule has 2 aromatic carbocycles. The van der Waals surface area contributed by atoms with Gasteiger partial charge in [-0.1, -0.05) is 61.3 Å². The van der Waals surface area contributed by atoms with Gasteiger partial charge >= 0.3 is 11.9 Å². The van der Waals surface area contributed by atoms with Gasteiger partial charge in [-0.25, -0.2) is 9.97 Å². The molecule has 2 aromatic heterocycles. The predicted molar refractivity (Wildman–Crippen MR) is 224 cm³/mol. The lowest BCUT2D eigenvalue weighted by molar-refractivity contribution is -0.137. The number of benzene rings is 2. The molecular formula is C40H41BrN6O10S2. The van der Waals surface area contributed by atoms with E-state index in [2.05, 4.69) is 47.2 Å². The molecule has 0 bridgehead atoms. The van der Waals surface area contributed by atoms with Crippen molar-refractivity contribution in [3.63, 3.8) is 0 Å². The average Bonchev–Trinajstić information content (AvgIpc) is 4.02. The molecule has 2 heterocycles. The fraction of sp³-hybridized carbons (Fsp3) is 0.350. The van der Waals surface area contributed by atoms with Gasteiger partial charge in [0.25, 0.3) is 0 Å². The molecule has 2 fully saturated rings. The van der Waals surface area contributed by atoms with E-state index in [1.54, 1.807) is 48.5 Å². The molecule has 0 radical (unpaired) electrons. The van der Waals surface area contributed by atoms with Crippen LogP contribution >= 0.6 is 38.6 Å². The summed E-state index contributed by atoms with van der Waals surface area (Å²) in [5, 5.41) is 29.8. The molecule has 0 aliphatic heterocycles. The monoisotopic (exact) mass is 908 g/mol. The number of hydrogen-bond donors (Lipinski definition) is 6. The molecular weight excluding hydrogens is 869 g/mol. The number of carbonyl (C=O) groups excluding carboxylic acids is 6. The van der Waals surface area contributed by atoms with Crippen molar-refractivity contribution in [2.75, 3.05) is 21.3 Å². The van der Waals surface area contributed by atoms with Gasteiger partial charge in [-0.3, -0.25) is 38.4 Å². The number of rotatable bonds is 16. The Balaban J connectivity index is 0.000000224. The Hall–Kier alpha value is -5.66. The van der Waals surface area contributed by atoms with Crippen molar-refractivity contribution in [2.45, 2.75) is 77.0 Å². The van der Waals surface area contributed by atoms with E-state index < -0.39 is 48.4 Å². The molecule has 16 nitrogen and oxygen atoms in total. The summed E-state index contributed by atoms with van der Waals surface area (Å²) in [5.41, 5.74) is 2.35. The highest BCUT2D eigenvalue weighted by Crippen LogP contribution is 2.32. The van der Waals surface area contributed by atoms with Gasteiger partial charge in [-0.15, -0.1) is 11.3 Å². The van der Waals surface area contributed by atoms with E-state index in [4.69, 9.17) is 10.2 Å². The lowest BCUT2D eigenvalue weighted by Crippen LogP contribution is -2.23. The first kappa shape index (κ1) is 44.4. The molecule has 6 rings (SSSR count). The molecule has 0 atom stereocenters.